The van der Waals surface area contributed by atoms with E-state index >= 15 is 0 Å². The molecule has 0 amide bonds. The van der Waals surface area contributed by atoms with E-state index in [1.807, 2.05) is 25.1 Å². The zero-order chi connectivity index (χ0) is 12.5. The Labute approximate surface area is 106 Å². The summed E-state index contributed by atoms with van der Waals surface area (Å²) < 4.78 is 5.79. The van der Waals surface area contributed by atoms with Crippen LogP contribution in [0.1, 0.15) is 17.7 Å². The quantitative estimate of drug-likeness (QED) is 0.832. The third-order valence-corrected chi connectivity index (χ3v) is 3.08. The lowest BCUT2D eigenvalue weighted by atomic mass is 10.0. The summed E-state index contributed by atoms with van der Waals surface area (Å²) in [5.74, 6) is 1.25. The number of hydrogen-bond acceptors (Lipinski definition) is 4. The van der Waals surface area contributed by atoms with Gasteiger partial charge < -0.3 is 10.5 Å². The van der Waals surface area contributed by atoms with E-state index in [1.165, 1.54) is 5.56 Å². The molecule has 18 heavy (non-hydrogen) atoms. The van der Waals surface area contributed by atoms with Crippen molar-refractivity contribution in [1.29, 1.82) is 0 Å². The first kappa shape index (κ1) is 11.0. The van der Waals surface area contributed by atoms with Gasteiger partial charge in [-0.3, -0.25) is 0 Å². The third kappa shape index (κ3) is 1.90. The van der Waals surface area contributed by atoms with E-state index in [1.54, 1.807) is 0 Å². The molecule has 0 unspecified atom stereocenters. The fraction of sp³-hybridized carbons (Fsp3) is 0.286. The topological polar surface area (TPSA) is 61.0 Å². The van der Waals surface area contributed by atoms with Crippen LogP contribution in [0, 0.1) is 6.92 Å². The lowest BCUT2D eigenvalue weighted by Gasteiger charge is -2.20. The molecule has 1 aromatic carbocycles. The number of rotatable bonds is 1. The highest BCUT2D eigenvalue weighted by atomic mass is 16.5. The highest BCUT2D eigenvalue weighted by molar-refractivity contribution is 5.70. The molecule has 3 rings (SSSR count). The van der Waals surface area contributed by atoms with E-state index in [0.29, 0.717) is 5.95 Å². The van der Waals surface area contributed by atoms with Crippen LogP contribution in [0.2, 0.25) is 0 Å². The number of benzene rings is 1. The number of hydrogen-bond donors (Lipinski definition) is 1. The van der Waals surface area contributed by atoms with E-state index in [0.717, 1.165) is 42.1 Å². The number of fused-ring (bicyclic) bond motifs is 1. The van der Waals surface area contributed by atoms with E-state index in [4.69, 9.17) is 10.5 Å². The predicted molar refractivity (Wildman–Crippen MR) is 70.4 cm³/mol. The molecule has 1 aliphatic heterocycles. The van der Waals surface area contributed by atoms with Crippen LogP contribution in [-0.2, 0) is 6.42 Å². The standard InChI is InChI=1S/C14H15N3O/c1-9-8-12(17-14(15)16-9)11-6-2-4-10-5-3-7-18-13(10)11/h2,4,6,8H,3,5,7H2,1H3,(H2,15,16,17). The summed E-state index contributed by atoms with van der Waals surface area (Å²) in [4.78, 5) is 8.40. The Morgan fingerprint density at radius 2 is 2.17 bits per heavy atom. The van der Waals surface area contributed by atoms with Gasteiger partial charge in [0.15, 0.2) is 0 Å². The third-order valence-electron chi connectivity index (χ3n) is 3.08. The summed E-state index contributed by atoms with van der Waals surface area (Å²) in [5, 5.41) is 0. The van der Waals surface area contributed by atoms with Gasteiger partial charge >= 0.3 is 0 Å². The van der Waals surface area contributed by atoms with Gasteiger partial charge in [0.25, 0.3) is 0 Å². The number of nitrogens with two attached hydrogens (primary N) is 1. The number of nitrogens with zero attached hydrogens (tertiary/aromatic N) is 2. The molecule has 0 saturated heterocycles. The van der Waals surface area contributed by atoms with Gasteiger partial charge in [0.05, 0.1) is 12.3 Å². The van der Waals surface area contributed by atoms with Crippen molar-refractivity contribution in [3.63, 3.8) is 0 Å². The summed E-state index contributed by atoms with van der Waals surface area (Å²) in [6, 6.07) is 8.10. The molecule has 2 N–H and O–H groups in total. The average Bonchev–Trinajstić information content (AvgIpc) is 2.37. The molecule has 0 radical (unpaired) electrons. The lowest BCUT2D eigenvalue weighted by Crippen LogP contribution is -2.09. The van der Waals surface area contributed by atoms with Gasteiger partial charge in [-0.2, -0.15) is 0 Å². The molecule has 2 aromatic rings. The molecule has 0 aliphatic carbocycles. The molecule has 0 fully saturated rings. The number of aryl methyl sites for hydroxylation is 2. The Morgan fingerprint density at radius 1 is 1.28 bits per heavy atom. The van der Waals surface area contributed by atoms with Crippen molar-refractivity contribution >= 4 is 5.95 Å². The van der Waals surface area contributed by atoms with Gasteiger partial charge in [0, 0.05) is 11.3 Å². The number of para-hydroxylation sites is 1. The largest absolute Gasteiger partial charge is 0.493 e. The first-order valence-electron chi connectivity index (χ1n) is 6.10. The van der Waals surface area contributed by atoms with Gasteiger partial charge in [-0.15, -0.1) is 0 Å². The maximum Gasteiger partial charge on any atom is 0.220 e. The van der Waals surface area contributed by atoms with Gasteiger partial charge in [0.1, 0.15) is 5.75 Å². The van der Waals surface area contributed by atoms with Crippen LogP contribution in [0.15, 0.2) is 24.3 Å². The van der Waals surface area contributed by atoms with Crippen molar-refractivity contribution in [2.24, 2.45) is 0 Å². The van der Waals surface area contributed by atoms with Crippen LogP contribution in [0.5, 0.6) is 5.75 Å². The normalized spacial score (nSPS) is 13.8. The van der Waals surface area contributed by atoms with Crippen molar-refractivity contribution < 1.29 is 4.74 Å². The summed E-state index contributed by atoms with van der Waals surface area (Å²) in [7, 11) is 0. The number of anilines is 1. The van der Waals surface area contributed by atoms with E-state index in [-0.39, 0.29) is 0 Å². The molecule has 2 heterocycles. The Bertz CT molecular complexity index is 575. The minimum atomic E-state index is 0.304. The smallest absolute Gasteiger partial charge is 0.220 e. The van der Waals surface area contributed by atoms with Gasteiger partial charge in [-0.05, 0) is 37.5 Å². The van der Waals surface area contributed by atoms with Crippen LogP contribution in [-0.4, -0.2) is 16.6 Å². The first-order chi connectivity index (χ1) is 8.74. The fourth-order valence-corrected chi connectivity index (χ4v) is 2.32. The second-order valence-electron chi connectivity index (χ2n) is 4.50. The average molecular weight is 241 g/mol. The maximum atomic E-state index is 5.79. The van der Waals surface area contributed by atoms with Gasteiger partial charge in [0.2, 0.25) is 5.95 Å². The van der Waals surface area contributed by atoms with Crippen molar-refractivity contribution in [1.82, 2.24) is 9.97 Å². The zero-order valence-electron chi connectivity index (χ0n) is 10.3. The highest BCUT2D eigenvalue weighted by Crippen LogP contribution is 2.35. The van der Waals surface area contributed by atoms with Crippen molar-refractivity contribution in [2.45, 2.75) is 19.8 Å². The Balaban J connectivity index is 2.16. The second kappa shape index (κ2) is 4.29. The Morgan fingerprint density at radius 3 is 3.00 bits per heavy atom. The second-order valence-corrected chi connectivity index (χ2v) is 4.50. The van der Waals surface area contributed by atoms with E-state index < -0.39 is 0 Å². The van der Waals surface area contributed by atoms with Crippen LogP contribution in [0.25, 0.3) is 11.3 Å². The summed E-state index contributed by atoms with van der Waals surface area (Å²) in [5.41, 5.74) is 9.66. The fourth-order valence-electron chi connectivity index (χ4n) is 2.32. The molecule has 4 nitrogen and oxygen atoms in total. The predicted octanol–water partition coefficient (Wildman–Crippen LogP) is 2.36. The summed E-state index contributed by atoms with van der Waals surface area (Å²) in [6.45, 7) is 2.68. The molecule has 0 atom stereocenters. The summed E-state index contributed by atoms with van der Waals surface area (Å²) in [6.07, 6.45) is 2.13. The number of ether oxygens (including phenoxy) is 1. The minimum Gasteiger partial charge on any atom is -0.493 e. The van der Waals surface area contributed by atoms with Crippen molar-refractivity contribution in [2.75, 3.05) is 12.3 Å². The zero-order valence-corrected chi connectivity index (χ0v) is 10.3. The maximum absolute atomic E-state index is 5.79. The van der Waals surface area contributed by atoms with Crippen LogP contribution in [0.3, 0.4) is 0 Å². The van der Waals surface area contributed by atoms with E-state index in [9.17, 15) is 0 Å². The molecular weight excluding hydrogens is 226 g/mol. The summed E-state index contributed by atoms with van der Waals surface area (Å²) >= 11 is 0. The number of aromatic nitrogens is 2. The molecule has 4 heteroatoms. The van der Waals surface area contributed by atoms with Crippen LogP contribution < -0.4 is 10.5 Å². The van der Waals surface area contributed by atoms with E-state index in [2.05, 4.69) is 16.0 Å². The molecule has 1 aromatic heterocycles. The SMILES string of the molecule is Cc1cc(-c2cccc3c2OCCC3)nc(N)n1. The highest BCUT2D eigenvalue weighted by Gasteiger charge is 2.16. The first-order valence-corrected chi connectivity index (χ1v) is 6.10. The molecular formula is C14H15N3O. The van der Waals surface area contributed by atoms with Crippen LogP contribution >= 0.6 is 0 Å². The molecule has 1 aliphatic rings. The van der Waals surface area contributed by atoms with Gasteiger partial charge in [-0.1, -0.05) is 12.1 Å². The van der Waals surface area contributed by atoms with Crippen LogP contribution in [0.4, 0.5) is 5.95 Å². The lowest BCUT2D eigenvalue weighted by molar-refractivity contribution is 0.289. The minimum absolute atomic E-state index is 0.304. The molecule has 0 spiro atoms. The van der Waals surface area contributed by atoms with Crippen molar-refractivity contribution in [3.05, 3.63) is 35.5 Å². The number of nitrogen functional groups attached to an aromatic ring is 1. The molecule has 0 saturated carbocycles. The Kier molecular flexibility index (Phi) is 2.63. The molecule has 0 bridgehead atoms. The van der Waals surface area contributed by atoms with Gasteiger partial charge in [-0.25, -0.2) is 9.97 Å². The molecule has 92 valence electrons. The Hall–Kier alpha value is -2.10. The van der Waals surface area contributed by atoms with Crippen molar-refractivity contribution in [3.8, 4) is 17.0 Å². The monoisotopic (exact) mass is 241 g/mol.